The number of hydrogen-bond acceptors (Lipinski definition) is 2. The first-order chi connectivity index (χ1) is 7.11. The molecule has 0 aromatic carbocycles. The van der Waals surface area contributed by atoms with Gasteiger partial charge in [0.2, 0.25) is 0 Å². The van der Waals surface area contributed by atoms with Crippen molar-refractivity contribution in [1.29, 1.82) is 5.26 Å². The van der Waals surface area contributed by atoms with Crippen molar-refractivity contribution in [3.63, 3.8) is 0 Å². The fourth-order valence-corrected chi connectivity index (χ4v) is 3.06. The first kappa shape index (κ1) is 10.2. The third-order valence-corrected chi connectivity index (χ3v) is 3.86. The Bertz CT molecular complexity index is 366. The maximum absolute atomic E-state index is 10.7. The Hall–Kier alpha value is -1.30. The van der Waals surface area contributed by atoms with E-state index in [1.165, 1.54) is 5.57 Å². The maximum atomic E-state index is 10.7. The molecule has 1 saturated carbocycles. The first-order valence-corrected chi connectivity index (χ1v) is 5.44. The van der Waals surface area contributed by atoms with E-state index in [1.807, 2.05) is 0 Å². The lowest BCUT2D eigenvalue weighted by Gasteiger charge is -2.46. The van der Waals surface area contributed by atoms with Crippen molar-refractivity contribution in [2.45, 2.75) is 32.6 Å². The van der Waals surface area contributed by atoms with Gasteiger partial charge in [0.15, 0.2) is 0 Å². The molecule has 0 amide bonds. The normalized spacial score (nSPS) is 37.5. The summed E-state index contributed by atoms with van der Waals surface area (Å²) in [7, 11) is 0. The van der Waals surface area contributed by atoms with Crippen molar-refractivity contribution in [2.75, 3.05) is 0 Å². The third-order valence-electron chi connectivity index (χ3n) is 3.86. The van der Waals surface area contributed by atoms with Gasteiger partial charge in [0.25, 0.3) is 0 Å². The molecule has 0 aliphatic heterocycles. The molecule has 0 bridgehead atoms. The fourth-order valence-electron chi connectivity index (χ4n) is 3.06. The van der Waals surface area contributed by atoms with Crippen LogP contribution in [-0.4, -0.2) is 11.1 Å². The van der Waals surface area contributed by atoms with E-state index in [0.717, 1.165) is 19.3 Å². The van der Waals surface area contributed by atoms with E-state index in [4.69, 9.17) is 10.4 Å². The number of carboxylic acid groups (broad SMARTS) is 1. The fraction of sp³-hybridized carbons (Fsp3) is 0.667. The zero-order chi connectivity index (χ0) is 11.1. The topological polar surface area (TPSA) is 61.1 Å². The Labute approximate surface area is 89.4 Å². The van der Waals surface area contributed by atoms with Gasteiger partial charge in [0.1, 0.15) is 0 Å². The summed E-state index contributed by atoms with van der Waals surface area (Å²) in [6.07, 6.45) is 5.02. The number of nitriles is 1. The molecular formula is C12H15NO2. The van der Waals surface area contributed by atoms with Gasteiger partial charge in [-0.3, -0.25) is 4.79 Å². The molecule has 0 unspecified atom stereocenters. The highest BCUT2D eigenvalue weighted by molar-refractivity contribution is 5.69. The predicted molar refractivity (Wildman–Crippen MR) is 54.9 cm³/mol. The monoisotopic (exact) mass is 205 g/mol. The van der Waals surface area contributed by atoms with Gasteiger partial charge in [-0.25, -0.2) is 0 Å². The van der Waals surface area contributed by atoms with Crippen LogP contribution in [0.1, 0.15) is 32.6 Å². The lowest BCUT2D eigenvalue weighted by molar-refractivity contribution is -0.142. The highest BCUT2D eigenvalue weighted by Gasteiger charge is 2.56. The van der Waals surface area contributed by atoms with Gasteiger partial charge in [-0.1, -0.05) is 18.6 Å². The Morgan fingerprint density at radius 2 is 2.53 bits per heavy atom. The number of carboxylic acids is 1. The second kappa shape index (κ2) is 3.37. The second-order valence-corrected chi connectivity index (χ2v) is 4.71. The molecule has 0 saturated heterocycles. The molecule has 0 aromatic rings. The summed E-state index contributed by atoms with van der Waals surface area (Å²) in [5, 5.41) is 18.0. The van der Waals surface area contributed by atoms with Crippen LogP contribution in [0.5, 0.6) is 0 Å². The van der Waals surface area contributed by atoms with Crippen molar-refractivity contribution in [3.05, 3.63) is 11.6 Å². The van der Waals surface area contributed by atoms with E-state index < -0.39 is 11.4 Å². The van der Waals surface area contributed by atoms with Crippen molar-refractivity contribution in [3.8, 4) is 6.07 Å². The summed E-state index contributed by atoms with van der Waals surface area (Å²) in [4.78, 5) is 10.7. The number of carbonyl (C=O) groups is 1. The second-order valence-electron chi connectivity index (χ2n) is 4.71. The minimum absolute atomic E-state index is 0.00182. The SMILES string of the molecule is CCC1=C[C@H]2[C@H](C1)C[C@@]2(C#N)CC(=O)O. The van der Waals surface area contributed by atoms with Crippen LogP contribution in [0.3, 0.4) is 0 Å². The van der Waals surface area contributed by atoms with Gasteiger partial charge < -0.3 is 5.11 Å². The van der Waals surface area contributed by atoms with E-state index in [1.54, 1.807) is 0 Å². The molecule has 1 fully saturated rings. The molecule has 0 aromatic heterocycles. The average Bonchev–Trinajstić information content (AvgIpc) is 2.53. The quantitative estimate of drug-likeness (QED) is 0.719. The zero-order valence-electron chi connectivity index (χ0n) is 8.86. The van der Waals surface area contributed by atoms with Gasteiger partial charge in [-0.2, -0.15) is 5.26 Å². The van der Waals surface area contributed by atoms with Gasteiger partial charge in [-0.15, -0.1) is 0 Å². The molecule has 0 heterocycles. The Morgan fingerprint density at radius 1 is 1.80 bits per heavy atom. The molecule has 1 N–H and O–H groups in total. The van der Waals surface area contributed by atoms with Crippen LogP contribution >= 0.6 is 0 Å². The molecule has 0 radical (unpaired) electrons. The number of rotatable bonds is 3. The van der Waals surface area contributed by atoms with Crippen LogP contribution in [0.2, 0.25) is 0 Å². The minimum atomic E-state index is -0.853. The molecule has 15 heavy (non-hydrogen) atoms. The molecule has 2 aliphatic rings. The van der Waals surface area contributed by atoms with E-state index in [0.29, 0.717) is 5.92 Å². The summed E-state index contributed by atoms with van der Waals surface area (Å²) in [6, 6.07) is 2.24. The molecule has 3 heteroatoms. The number of nitrogens with zero attached hydrogens (tertiary/aromatic N) is 1. The summed E-state index contributed by atoms with van der Waals surface area (Å²) in [5.74, 6) is -0.110. The number of aliphatic carboxylic acids is 1. The Balaban J connectivity index is 2.16. The van der Waals surface area contributed by atoms with Gasteiger partial charge >= 0.3 is 5.97 Å². The van der Waals surface area contributed by atoms with Crippen molar-refractivity contribution in [1.82, 2.24) is 0 Å². The molecule has 3 atom stereocenters. The summed E-state index contributed by atoms with van der Waals surface area (Å²) >= 11 is 0. The predicted octanol–water partition coefficient (Wildman–Crippen LogP) is 2.35. The largest absolute Gasteiger partial charge is 0.481 e. The minimum Gasteiger partial charge on any atom is -0.481 e. The lowest BCUT2D eigenvalue weighted by Crippen LogP contribution is -2.45. The van der Waals surface area contributed by atoms with Crippen molar-refractivity contribution in [2.24, 2.45) is 17.3 Å². The van der Waals surface area contributed by atoms with Gasteiger partial charge in [0.05, 0.1) is 17.9 Å². The summed E-state index contributed by atoms with van der Waals surface area (Å²) in [5.41, 5.74) is 0.792. The van der Waals surface area contributed by atoms with Crippen molar-refractivity contribution < 1.29 is 9.90 Å². The van der Waals surface area contributed by atoms with E-state index >= 15 is 0 Å². The lowest BCUT2D eigenvalue weighted by atomic mass is 9.54. The van der Waals surface area contributed by atoms with Crippen LogP contribution in [-0.2, 0) is 4.79 Å². The smallest absolute Gasteiger partial charge is 0.304 e. The van der Waals surface area contributed by atoms with E-state index in [9.17, 15) is 4.79 Å². The summed E-state index contributed by atoms with van der Waals surface area (Å²) < 4.78 is 0. The van der Waals surface area contributed by atoms with E-state index in [2.05, 4.69) is 19.1 Å². The van der Waals surface area contributed by atoms with Gasteiger partial charge in [0, 0.05) is 0 Å². The maximum Gasteiger partial charge on any atom is 0.304 e. The number of hydrogen-bond donors (Lipinski definition) is 1. The highest BCUT2D eigenvalue weighted by Crippen LogP contribution is 2.59. The van der Waals surface area contributed by atoms with E-state index in [-0.39, 0.29) is 12.3 Å². The zero-order valence-corrected chi connectivity index (χ0v) is 8.86. The van der Waals surface area contributed by atoms with Crippen LogP contribution in [0, 0.1) is 28.6 Å². The van der Waals surface area contributed by atoms with Crippen LogP contribution < -0.4 is 0 Å². The third kappa shape index (κ3) is 1.45. The highest BCUT2D eigenvalue weighted by atomic mass is 16.4. The molecule has 0 spiro atoms. The first-order valence-electron chi connectivity index (χ1n) is 5.44. The number of allylic oxidation sites excluding steroid dienone is 2. The Kier molecular flexibility index (Phi) is 2.30. The molecule has 80 valence electrons. The average molecular weight is 205 g/mol. The molecule has 2 aliphatic carbocycles. The van der Waals surface area contributed by atoms with Crippen LogP contribution in [0.15, 0.2) is 11.6 Å². The molecule has 3 nitrogen and oxygen atoms in total. The summed E-state index contributed by atoms with van der Waals surface area (Å²) in [6.45, 7) is 2.11. The van der Waals surface area contributed by atoms with Crippen LogP contribution in [0.25, 0.3) is 0 Å². The van der Waals surface area contributed by atoms with Crippen molar-refractivity contribution >= 4 is 5.97 Å². The molecule has 2 rings (SSSR count). The Morgan fingerprint density at radius 3 is 3.07 bits per heavy atom. The van der Waals surface area contributed by atoms with Gasteiger partial charge in [-0.05, 0) is 31.1 Å². The number of fused-ring (bicyclic) bond motifs is 1. The van der Waals surface area contributed by atoms with Crippen LogP contribution in [0.4, 0.5) is 0 Å². The standard InChI is InChI=1S/C12H15NO2/c1-2-8-3-9-5-12(7-13,6-11(14)15)10(9)4-8/h4,9-10H,2-3,5-6H2,1H3,(H,14,15)/t9-,10+,12+/m1/s1. The molecular weight excluding hydrogens is 190 g/mol.